The maximum absolute atomic E-state index is 13.2. The molecule has 3 N–H and O–H groups in total. The Balaban J connectivity index is 1.24. The highest BCUT2D eigenvalue weighted by Gasteiger charge is 2.25. The highest BCUT2D eigenvalue weighted by molar-refractivity contribution is 6.40. The van der Waals surface area contributed by atoms with Crippen LogP contribution in [0.25, 0.3) is 5.82 Å². The average molecular weight is 548 g/mol. The second kappa shape index (κ2) is 10.3. The first-order chi connectivity index (χ1) is 18.5. The van der Waals surface area contributed by atoms with E-state index in [0.717, 1.165) is 60.9 Å². The summed E-state index contributed by atoms with van der Waals surface area (Å²) in [6.07, 6.45) is 5.18. The van der Waals surface area contributed by atoms with Gasteiger partial charge in [-0.3, -0.25) is 4.79 Å². The van der Waals surface area contributed by atoms with Crippen molar-refractivity contribution in [1.29, 1.82) is 0 Å². The molecule has 2 aliphatic rings. The smallest absolute Gasteiger partial charge is 0.257 e. The number of para-hydroxylation sites is 1. The van der Waals surface area contributed by atoms with Gasteiger partial charge in [-0.2, -0.15) is 4.98 Å². The number of carbonyl (C=O) groups excluding carboxylic acids is 1. The fraction of sp³-hybridized carbons (Fsp3) is 0.250. The Labute approximate surface area is 231 Å². The van der Waals surface area contributed by atoms with Gasteiger partial charge in [0.1, 0.15) is 5.82 Å². The first-order valence-corrected chi connectivity index (χ1v) is 13.4. The van der Waals surface area contributed by atoms with E-state index >= 15 is 0 Å². The van der Waals surface area contributed by atoms with Crippen LogP contribution in [0.15, 0.2) is 54.9 Å². The summed E-state index contributed by atoms with van der Waals surface area (Å²) in [5.74, 6) is 1.02. The molecule has 0 spiro atoms. The molecule has 194 valence electrons. The van der Waals surface area contributed by atoms with Gasteiger partial charge in [0.05, 0.1) is 21.3 Å². The lowest BCUT2D eigenvalue weighted by atomic mass is 10.0. The van der Waals surface area contributed by atoms with Crippen LogP contribution in [-0.4, -0.2) is 46.6 Å². The zero-order valence-electron chi connectivity index (χ0n) is 20.9. The summed E-state index contributed by atoms with van der Waals surface area (Å²) in [6, 6.07) is 13.4. The zero-order valence-corrected chi connectivity index (χ0v) is 22.4. The number of nitrogens with zero attached hydrogens (tertiary/aromatic N) is 4. The Morgan fingerprint density at radius 3 is 2.61 bits per heavy atom. The highest BCUT2D eigenvalue weighted by atomic mass is 35.5. The van der Waals surface area contributed by atoms with Crippen LogP contribution in [0.3, 0.4) is 0 Å². The number of hydrogen-bond acceptors (Lipinski definition) is 6. The summed E-state index contributed by atoms with van der Waals surface area (Å²) in [5.41, 5.74) is 6.21. The zero-order chi connectivity index (χ0) is 26.2. The summed E-state index contributed by atoms with van der Waals surface area (Å²) < 4.78 is 1.97. The molecule has 2 aromatic carbocycles. The van der Waals surface area contributed by atoms with Crippen molar-refractivity contribution in [1.82, 2.24) is 19.9 Å². The van der Waals surface area contributed by atoms with Crippen molar-refractivity contribution in [3.63, 3.8) is 0 Å². The average Bonchev–Trinajstić information content (AvgIpc) is 3.37. The number of hydrogen-bond donors (Lipinski definition) is 3. The van der Waals surface area contributed by atoms with E-state index in [4.69, 9.17) is 28.2 Å². The number of benzene rings is 2. The minimum absolute atomic E-state index is 0.259. The van der Waals surface area contributed by atoms with E-state index in [9.17, 15) is 4.79 Å². The standard InChI is InChI=1S/C28H27Cl2N7O/c1-17-15-19(36-13-10-31-11-14-36)6-7-23(17)33-28-32-16-18-5-8-24-20(9-12-37(24)26(18)35-28)27(38)34-25-21(29)3-2-4-22(25)30/h2-4,6-7,9,12,15-16,31H,5,8,10-11,13-14H2,1H3,(H,34,38)(H,32,33,35). The maximum atomic E-state index is 13.2. The minimum Gasteiger partial charge on any atom is -0.369 e. The van der Waals surface area contributed by atoms with Gasteiger partial charge in [-0.05, 0) is 61.7 Å². The van der Waals surface area contributed by atoms with Crippen molar-refractivity contribution in [3.05, 3.63) is 87.3 Å². The lowest BCUT2D eigenvalue weighted by Crippen LogP contribution is -2.43. The highest BCUT2D eigenvalue weighted by Crippen LogP contribution is 2.32. The van der Waals surface area contributed by atoms with E-state index < -0.39 is 0 Å². The topological polar surface area (TPSA) is 87.1 Å². The fourth-order valence-corrected chi connectivity index (χ4v) is 5.54. The molecule has 6 rings (SSSR count). The quantitative estimate of drug-likeness (QED) is 0.310. The van der Waals surface area contributed by atoms with Gasteiger partial charge < -0.3 is 25.4 Å². The number of anilines is 4. The van der Waals surface area contributed by atoms with Gasteiger partial charge in [0.15, 0.2) is 0 Å². The van der Waals surface area contributed by atoms with Crippen molar-refractivity contribution in [2.75, 3.05) is 41.7 Å². The number of fused-ring (bicyclic) bond motifs is 3. The van der Waals surface area contributed by atoms with Gasteiger partial charge in [-0.15, -0.1) is 0 Å². The molecule has 2 aromatic heterocycles. The van der Waals surface area contributed by atoms with E-state index in [0.29, 0.717) is 33.7 Å². The summed E-state index contributed by atoms with van der Waals surface area (Å²) in [5, 5.41) is 10.4. The predicted molar refractivity (Wildman–Crippen MR) is 153 cm³/mol. The Kier molecular flexibility index (Phi) is 6.69. The lowest BCUT2D eigenvalue weighted by Gasteiger charge is -2.30. The molecule has 1 fully saturated rings. The van der Waals surface area contributed by atoms with Crippen molar-refractivity contribution >= 4 is 52.1 Å². The number of carbonyl (C=O) groups is 1. The third-order valence-electron chi connectivity index (χ3n) is 7.08. The van der Waals surface area contributed by atoms with E-state index in [1.165, 1.54) is 5.69 Å². The molecule has 0 unspecified atom stereocenters. The lowest BCUT2D eigenvalue weighted by molar-refractivity contribution is 0.102. The molecule has 2 aliphatic heterocycles. The summed E-state index contributed by atoms with van der Waals surface area (Å²) >= 11 is 12.5. The van der Waals surface area contributed by atoms with Crippen LogP contribution in [0.1, 0.15) is 27.2 Å². The van der Waals surface area contributed by atoms with Gasteiger partial charge in [0.2, 0.25) is 5.95 Å². The molecule has 0 bridgehead atoms. The Morgan fingerprint density at radius 2 is 1.84 bits per heavy atom. The summed E-state index contributed by atoms with van der Waals surface area (Å²) in [4.78, 5) is 25.0. The van der Waals surface area contributed by atoms with Gasteiger partial charge in [0, 0.05) is 61.2 Å². The number of aryl methyl sites for hydroxylation is 2. The van der Waals surface area contributed by atoms with Gasteiger partial charge >= 0.3 is 0 Å². The molecular weight excluding hydrogens is 521 g/mol. The van der Waals surface area contributed by atoms with E-state index in [1.54, 1.807) is 24.3 Å². The molecule has 0 aliphatic carbocycles. The Bertz CT molecular complexity index is 1510. The third-order valence-corrected chi connectivity index (χ3v) is 7.71. The van der Waals surface area contributed by atoms with Crippen LogP contribution >= 0.6 is 23.2 Å². The third kappa shape index (κ3) is 4.71. The van der Waals surface area contributed by atoms with Crippen molar-refractivity contribution in [2.24, 2.45) is 0 Å². The van der Waals surface area contributed by atoms with Gasteiger partial charge in [0.25, 0.3) is 5.91 Å². The van der Waals surface area contributed by atoms with E-state index in [2.05, 4.69) is 51.0 Å². The molecular formula is C28H27Cl2N7O. The van der Waals surface area contributed by atoms with E-state index in [-0.39, 0.29) is 5.91 Å². The number of aromatic nitrogens is 3. The molecule has 0 radical (unpaired) electrons. The fourth-order valence-electron chi connectivity index (χ4n) is 5.05. The van der Waals surface area contributed by atoms with Crippen LogP contribution in [-0.2, 0) is 12.8 Å². The molecule has 38 heavy (non-hydrogen) atoms. The van der Waals surface area contributed by atoms with Crippen molar-refractivity contribution < 1.29 is 4.79 Å². The molecule has 0 atom stereocenters. The monoisotopic (exact) mass is 547 g/mol. The summed E-state index contributed by atoms with van der Waals surface area (Å²) in [6.45, 7) is 6.10. The molecule has 8 nitrogen and oxygen atoms in total. The number of nitrogens with one attached hydrogen (secondary N) is 3. The minimum atomic E-state index is -0.259. The van der Waals surface area contributed by atoms with E-state index in [1.807, 2.05) is 17.0 Å². The second-order valence-corrected chi connectivity index (χ2v) is 10.3. The van der Waals surface area contributed by atoms with Crippen LogP contribution in [0.2, 0.25) is 10.0 Å². The Hall–Kier alpha value is -3.59. The van der Waals surface area contributed by atoms with Gasteiger partial charge in [-0.25, -0.2) is 4.98 Å². The Morgan fingerprint density at radius 1 is 1.05 bits per heavy atom. The molecule has 10 heteroatoms. The molecule has 4 heterocycles. The first-order valence-electron chi connectivity index (χ1n) is 12.6. The summed E-state index contributed by atoms with van der Waals surface area (Å²) in [7, 11) is 0. The molecule has 1 amide bonds. The maximum Gasteiger partial charge on any atom is 0.257 e. The number of halogens is 2. The van der Waals surface area contributed by atoms with Crippen LogP contribution in [0.4, 0.5) is 23.0 Å². The molecule has 4 aromatic rings. The van der Waals surface area contributed by atoms with Crippen LogP contribution in [0, 0.1) is 6.92 Å². The molecule has 0 saturated carbocycles. The first kappa shape index (κ1) is 24.7. The van der Waals surface area contributed by atoms with Crippen LogP contribution < -0.4 is 20.9 Å². The van der Waals surface area contributed by atoms with Crippen molar-refractivity contribution in [3.8, 4) is 5.82 Å². The number of amides is 1. The molecule has 1 saturated heterocycles. The normalized spacial score (nSPS) is 14.6. The predicted octanol–water partition coefficient (Wildman–Crippen LogP) is 5.39. The SMILES string of the molecule is Cc1cc(N2CCNCC2)ccc1Nc1ncc2c(n1)-n1ccc(C(=O)Nc3c(Cl)cccc3Cl)c1CC2. The van der Waals surface area contributed by atoms with Crippen molar-refractivity contribution in [2.45, 2.75) is 19.8 Å². The van der Waals surface area contributed by atoms with Crippen LogP contribution in [0.5, 0.6) is 0 Å². The largest absolute Gasteiger partial charge is 0.369 e. The van der Waals surface area contributed by atoms with Gasteiger partial charge in [-0.1, -0.05) is 29.3 Å². The number of piperazine rings is 1. The second-order valence-electron chi connectivity index (χ2n) is 9.50. The number of rotatable bonds is 5.